The Hall–Kier alpha value is -0.130. The average molecular weight is 288 g/mol. The summed E-state index contributed by atoms with van der Waals surface area (Å²) in [6, 6.07) is 0.122. The summed E-state index contributed by atoms with van der Waals surface area (Å²) in [5.41, 5.74) is 0. The fraction of sp³-hybridized carbons (Fsp3) is 1.00. The van der Waals surface area contributed by atoms with E-state index in [1.165, 1.54) is 6.42 Å². The van der Waals surface area contributed by atoms with Gasteiger partial charge in [0.15, 0.2) is 0 Å². The van der Waals surface area contributed by atoms with E-state index in [2.05, 4.69) is 18.6 Å². The van der Waals surface area contributed by atoms with Gasteiger partial charge in [0, 0.05) is 19.1 Å². The molecule has 0 aromatic rings. The Morgan fingerprint density at radius 1 is 0.947 bits per heavy atom. The van der Waals surface area contributed by atoms with Crippen LogP contribution in [0.15, 0.2) is 0 Å². The van der Waals surface area contributed by atoms with Crippen molar-refractivity contribution in [1.29, 1.82) is 0 Å². The lowest BCUT2D eigenvalue weighted by Crippen LogP contribution is -2.49. The molecular weight excluding hydrogens is 260 g/mol. The second-order valence-corrected chi connectivity index (χ2v) is 8.01. The first-order valence-corrected chi connectivity index (χ1v) is 9.22. The van der Waals surface area contributed by atoms with Crippen LogP contribution in [0.2, 0.25) is 0 Å². The van der Waals surface area contributed by atoms with Crippen LogP contribution < -0.4 is 4.72 Å². The van der Waals surface area contributed by atoms with E-state index in [0.717, 1.165) is 38.5 Å². The molecule has 2 fully saturated rings. The molecular formula is C14H28N2O2S. The van der Waals surface area contributed by atoms with Crippen molar-refractivity contribution in [3.8, 4) is 0 Å². The quantitative estimate of drug-likeness (QED) is 0.867. The zero-order valence-electron chi connectivity index (χ0n) is 12.3. The van der Waals surface area contributed by atoms with E-state index in [9.17, 15) is 8.42 Å². The molecule has 2 aliphatic rings. The standard InChI is InChI=1S/C14H28N2O2S/c1-12-8-7-9-14(13(12)2)15-19(17,18)16-10-5-3-4-6-11-16/h12-15H,3-11H2,1-2H3/t12-,13+,14+/m1/s1. The molecule has 0 spiro atoms. The zero-order chi connectivity index (χ0) is 13.9. The van der Waals surface area contributed by atoms with Crippen LogP contribution in [-0.4, -0.2) is 31.9 Å². The minimum absolute atomic E-state index is 0.122. The third-order valence-corrected chi connectivity index (χ3v) is 6.56. The lowest BCUT2D eigenvalue weighted by Gasteiger charge is -2.35. The molecule has 0 aromatic carbocycles. The first kappa shape index (κ1) is 15.3. The third-order valence-electron chi connectivity index (χ3n) is 4.91. The van der Waals surface area contributed by atoms with Crippen molar-refractivity contribution in [2.45, 2.75) is 64.8 Å². The van der Waals surface area contributed by atoms with E-state index in [4.69, 9.17) is 0 Å². The van der Waals surface area contributed by atoms with Gasteiger partial charge in [0.2, 0.25) is 0 Å². The van der Waals surface area contributed by atoms with Crippen LogP contribution >= 0.6 is 0 Å². The van der Waals surface area contributed by atoms with E-state index in [-0.39, 0.29) is 6.04 Å². The molecule has 0 aromatic heterocycles. The molecule has 0 radical (unpaired) electrons. The first-order chi connectivity index (χ1) is 9.00. The maximum Gasteiger partial charge on any atom is 0.279 e. The maximum absolute atomic E-state index is 12.5. The summed E-state index contributed by atoms with van der Waals surface area (Å²) in [5.74, 6) is 1.06. The predicted molar refractivity (Wildman–Crippen MR) is 78.1 cm³/mol. The van der Waals surface area contributed by atoms with Gasteiger partial charge >= 0.3 is 0 Å². The van der Waals surface area contributed by atoms with Crippen LogP contribution in [0.3, 0.4) is 0 Å². The predicted octanol–water partition coefficient (Wildman–Crippen LogP) is 2.52. The molecule has 0 amide bonds. The van der Waals surface area contributed by atoms with Gasteiger partial charge in [0.1, 0.15) is 0 Å². The normalized spacial score (nSPS) is 34.9. The summed E-state index contributed by atoms with van der Waals surface area (Å²) in [6.45, 7) is 5.79. The van der Waals surface area contributed by atoms with E-state index in [1.54, 1.807) is 4.31 Å². The van der Waals surface area contributed by atoms with Gasteiger partial charge in [-0.25, -0.2) is 0 Å². The highest BCUT2D eigenvalue weighted by molar-refractivity contribution is 7.87. The van der Waals surface area contributed by atoms with E-state index in [0.29, 0.717) is 24.9 Å². The van der Waals surface area contributed by atoms with Crippen molar-refractivity contribution < 1.29 is 8.42 Å². The van der Waals surface area contributed by atoms with E-state index in [1.807, 2.05) is 0 Å². The van der Waals surface area contributed by atoms with Crippen molar-refractivity contribution in [2.75, 3.05) is 13.1 Å². The minimum Gasteiger partial charge on any atom is -0.199 e. The summed E-state index contributed by atoms with van der Waals surface area (Å²) in [4.78, 5) is 0. The topological polar surface area (TPSA) is 49.4 Å². The van der Waals surface area contributed by atoms with Gasteiger partial charge < -0.3 is 0 Å². The second kappa shape index (κ2) is 6.55. The molecule has 112 valence electrons. The number of nitrogens with zero attached hydrogens (tertiary/aromatic N) is 1. The summed E-state index contributed by atoms with van der Waals surface area (Å²) < 4.78 is 29.6. The monoisotopic (exact) mass is 288 g/mol. The summed E-state index contributed by atoms with van der Waals surface area (Å²) in [6.07, 6.45) is 7.65. The van der Waals surface area contributed by atoms with Gasteiger partial charge in [-0.3, -0.25) is 0 Å². The van der Waals surface area contributed by atoms with E-state index < -0.39 is 10.2 Å². The van der Waals surface area contributed by atoms with Crippen LogP contribution in [0, 0.1) is 11.8 Å². The van der Waals surface area contributed by atoms with Crippen molar-refractivity contribution in [2.24, 2.45) is 11.8 Å². The number of hydrogen-bond acceptors (Lipinski definition) is 2. The highest BCUT2D eigenvalue weighted by Gasteiger charge is 2.32. The van der Waals surface area contributed by atoms with Gasteiger partial charge in [0.25, 0.3) is 10.2 Å². The highest BCUT2D eigenvalue weighted by atomic mass is 32.2. The Bertz CT molecular complexity index is 375. The maximum atomic E-state index is 12.5. The smallest absolute Gasteiger partial charge is 0.199 e. The molecule has 1 aliphatic carbocycles. The molecule has 19 heavy (non-hydrogen) atoms. The fourth-order valence-electron chi connectivity index (χ4n) is 3.30. The largest absolute Gasteiger partial charge is 0.279 e. The van der Waals surface area contributed by atoms with Crippen molar-refractivity contribution in [3.05, 3.63) is 0 Å². The highest BCUT2D eigenvalue weighted by Crippen LogP contribution is 2.30. The van der Waals surface area contributed by atoms with Crippen LogP contribution in [-0.2, 0) is 10.2 Å². The lowest BCUT2D eigenvalue weighted by molar-refractivity contribution is 0.223. The summed E-state index contributed by atoms with van der Waals surface area (Å²) >= 11 is 0. The Morgan fingerprint density at radius 3 is 2.21 bits per heavy atom. The van der Waals surface area contributed by atoms with Crippen LogP contribution in [0.25, 0.3) is 0 Å². The van der Waals surface area contributed by atoms with Crippen LogP contribution in [0.5, 0.6) is 0 Å². The Balaban J connectivity index is 1.99. The number of nitrogens with one attached hydrogen (secondary N) is 1. The van der Waals surface area contributed by atoms with Gasteiger partial charge in [-0.1, -0.05) is 39.5 Å². The third kappa shape index (κ3) is 3.92. The zero-order valence-corrected chi connectivity index (χ0v) is 13.1. The van der Waals surface area contributed by atoms with Gasteiger partial charge in [-0.2, -0.15) is 17.4 Å². The molecule has 0 unspecified atom stereocenters. The van der Waals surface area contributed by atoms with Gasteiger partial charge in [-0.15, -0.1) is 0 Å². The summed E-state index contributed by atoms with van der Waals surface area (Å²) in [5, 5.41) is 0. The Morgan fingerprint density at radius 2 is 1.58 bits per heavy atom. The van der Waals surface area contributed by atoms with Gasteiger partial charge in [0.05, 0.1) is 0 Å². The van der Waals surface area contributed by atoms with Crippen LogP contribution in [0.4, 0.5) is 0 Å². The molecule has 4 nitrogen and oxygen atoms in total. The van der Waals surface area contributed by atoms with Crippen molar-refractivity contribution in [3.63, 3.8) is 0 Å². The lowest BCUT2D eigenvalue weighted by atomic mass is 9.78. The fourth-order valence-corrected chi connectivity index (χ4v) is 4.90. The molecule has 5 heteroatoms. The van der Waals surface area contributed by atoms with Crippen LogP contribution in [0.1, 0.15) is 58.8 Å². The molecule has 3 atom stereocenters. The first-order valence-electron chi connectivity index (χ1n) is 7.78. The molecule has 2 rings (SSSR count). The molecule has 1 heterocycles. The Labute approximate surface area is 118 Å². The van der Waals surface area contributed by atoms with Crippen molar-refractivity contribution >= 4 is 10.2 Å². The Kier molecular flexibility index (Phi) is 5.26. The molecule has 0 bridgehead atoms. The molecule has 1 saturated carbocycles. The summed E-state index contributed by atoms with van der Waals surface area (Å²) in [7, 11) is -3.28. The molecule has 1 saturated heterocycles. The average Bonchev–Trinajstić information content (AvgIpc) is 2.64. The number of rotatable bonds is 3. The minimum atomic E-state index is -3.28. The van der Waals surface area contributed by atoms with Crippen molar-refractivity contribution in [1.82, 2.24) is 9.03 Å². The second-order valence-electron chi connectivity index (χ2n) is 6.31. The SMILES string of the molecule is C[C@H]1[C@H](C)CCC[C@@H]1NS(=O)(=O)N1CCCCCC1. The molecule has 1 aliphatic heterocycles. The number of hydrogen-bond donors (Lipinski definition) is 1. The van der Waals surface area contributed by atoms with E-state index >= 15 is 0 Å². The van der Waals surface area contributed by atoms with Gasteiger partial charge in [-0.05, 0) is 31.1 Å². The molecule has 1 N–H and O–H groups in total.